The van der Waals surface area contributed by atoms with Gasteiger partial charge in [0.05, 0.1) is 7.11 Å². The summed E-state index contributed by atoms with van der Waals surface area (Å²) in [5, 5.41) is 0. The van der Waals surface area contributed by atoms with Gasteiger partial charge < -0.3 is 14.5 Å². The van der Waals surface area contributed by atoms with Crippen LogP contribution in [0.1, 0.15) is 33.1 Å². The average Bonchev–Trinajstić information content (AvgIpc) is 2.94. The molecule has 2 aliphatic heterocycles. The lowest BCUT2D eigenvalue weighted by Crippen LogP contribution is -2.57. The van der Waals surface area contributed by atoms with Crippen LogP contribution < -0.4 is 0 Å². The van der Waals surface area contributed by atoms with Gasteiger partial charge in [-0.05, 0) is 44.9 Å². The lowest BCUT2D eigenvalue weighted by molar-refractivity contribution is -0.133. The lowest BCUT2D eigenvalue weighted by atomic mass is 9.78. The minimum atomic E-state index is -0.186. The fourth-order valence-electron chi connectivity index (χ4n) is 5.77. The zero-order chi connectivity index (χ0) is 17.8. The SMILES string of the molecule is CCN(CC)C(=O)C1[C@H]2CN([C@H]3CCC4(C3)CN(C(=O)OC)C4)C[C@H]12. The summed E-state index contributed by atoms with van der Waals surface area (Å²) in [6, 6.07) is 0.650. The molecule has 1 spiro atoms. The number of carbonyl (C=O) groups excluding carboxylic acids is 2. The normalized spacial score (nSPS) is 35.4. The minimum absolute atomic E-state index is 0.186. The first kappa shape index (κ1) is 17.1. The van der Waals surface area contributed by atoms with Gasteiger partial charge in [0.15, 0.2) is 0 Å². The highest BCUT2D eigenvalue weighted by Gasteiger charge is 2.62. The highest BCUT2D eigenvalue weighted by Crippen LogP contribution is 2.55. The number of hydrogen-bond acceptors (Lipinski definition) is 4. The lowest BCUT2D eigenvalue weighted by Gasteiger charge is -2.47. The molecule has 4 rings (SSSR count). The van der Waals surface area contributed by atoms with Gasteiger partial charge in [-0.25, -0.2) is 4.79 Å². The summed E-state index contributed by atoms with van der Waals surface area (Å²) in [5.41, 5.74) is 0.335. The van der Waals surface area contributed by atoms with Crippen LogP contribution >= 0.6 is 0 Å². The molecule has 0 unspecified atom stereocenters. The summed E-state index contributed by atoms with van der Waals surface area (Å²) in [6.07, 6.45) is 3.48. The predicted octanol–water partition coefficient (Wildman–Crippen LogP) is 1.65. The molecule has 0 aromatic rings. The molecule has 4 aliphatic rings. The van der Waals surface area contributed by atoms with E-state index in [4.69, 9.17) is 4.74 Å². The Kier molecular flexibility index (Phi) is 4.21. The number of amides is 2. The van der Waals surface area contributed by atoms with Crippen LogP contribution in [-0.2, 0) is 9.53 Å². The highest BCUT2D eigenvalue weighted by atomic mass is 16.5. The van der Waals surface area contributed by atoms with E-state index in [0.717, 1.165) is 39.3 Å². The average molecular weight is 349 g/mol. The van der Waals surface area contributed by atoms with Crippen LogP contribution in [0.2, 0.25) is 0 Å². The van der Waals surface area contributed by atoms with Gasteiger partial charge in [-0.3, -0.25) is 9.69 Å². The quantitative estimate of drug-likeness (QED) is 0.774. The van der Waals surface area contributed by atoms with Crippen molar-refractivity contribution in [1.29, 1.82) is 0 Å². The standard InChI is InChI=1S/C19H31N3O3/c1-4-20(5-2)17(23)16-14-9-21(10-15(14)16)13-6-7-19(8-13)11-22(12-19)18(24)25-3/h13-16H,4-12H2,1-3H3/t13-,14-,15-/m0/s1. The van der Waals surface area contributed by atoms with Crippen LogP contribution in [0.4, 0.5) is 4.79 Å². The maximum Gasteiger partial charge on any atom is 0.409 e. The van der Waals surface area contributed by atoms with E-state index in [2.05, 4.69) is 18.7 Å². The predicted molar refractivity (Wildman–Crippen MR) is 94.0 cm³/mol. The Morgan fingerprint density at radius 3 is 2.36 bits per heavy atom. The van der Waals surface area contributed by atoms with Gasteiger partial charge in [0.2, 0.25) is 5.91 Å². The van der Waals surface area contributed by atoms with Crippen molar-refractivity contribution < 1.29 is 14.3 Å². The Morgan fingerprint density at radius 1 is 1.16 bits per heavy atom. The summed E-state index contributed by atoms with van der Waals surface area (Å²) in [5.74, 6) is 1.87. The summed E-state index contributed by atoms with van der Waals surface area (Å²) < 4.78 is 4.82. The fraction of sp³-hybridized carbons (Fsp3) is 0.895. The van der Waals surface area contributed by atoms with Crippen LogP contribution in [0.25, 0.3) is 0 Å². The van der Waals surface area contributed by atoms with Crippen LogP contribution in [0, 0.1) is 23.2 Å². The van der Waals surface area contributed by atoms with E-state index in [0.29, 0.717) is 35.1 Å². The number of nitrogens with zero attached hydrogens (tertiary/aromatic N) is 3. The molecule has 2 aliphatic carbocycles. The molecule has 2 amide bonds. The summed E-state index contributed by atoms with van der Waals surface area (Å²) in [7, 11) is 1.46. The highest BCUT2D eigenvalue weighted by molar-refractivity contribution is 5.82. The number of likely N-dealkylation sites (tertiary alicyclic amines) is 2. The third kappa shape index (κ3) is 2.73. The first-order valence-corrected chi connectivity index (χ1v) is 9.87. The Bertz CT molecular complexity index is 544. The number of piperidine rings is 1. The van der Waals surface area contributed by atoms with E-state index in [-0.39, 0.29) is 6.09 Å². The summed E-state index contributed by atoms with van der Waals surface area (Å²) >= 11 is 0. The minimum Gasteiger partial charge on any atom is -0.453 e. The molecule has 0 aromatic carbocycles. The van der Waals surface area contributed by atoms with Gasteiger partial charge in [0.1, 0.15) is 0 Å². The van der Waals surface area contributed by atoms with Crippen molar-refractivity contribution in [3.8, 4) is 0 Å². The van der Waals surface area contributed by atoms with Crippen molar-refractivity contribution in [2.45, 2.75) is 39.2 Å². The summed E-state index contributed by atoms with van der Waals surface area (Å²) in [4.78, 5) is 30.6. The van der Waals surface area contributed by atoms with E-state index in [1.807, 2.05) is 9.80 Å². The zero-order valence-corrected chi connectivity index (χ0v) is 15.7. The molecule has 6 heteroatoms. The van der Waals surface area contributed by atoms with E-state index in [9.17, 15) is 9.59 Å². The molecule has 0 aromatic heterocycles. The molecule has 25 heavy (non-hydrogen) atoms. The largest absolute Gasteiger partial charge is 0.453 e. The first-order chi connectivity index (χ1) is 12.0. The van der Waals surface area contributed by atoms with Gasteiger partial charge in [0.25, 0.3) is 0 Å². The van der Waals surface area contributed by atoms with Crippen molar-refractivity contribution in [2.24, 2.45) is 23.2 Å². The molecule has 2 saturated carbocycles. The topological polar surface area (TPSA) is 53.1 Å². The van der Waals surface area contributed by atoms with Crippen molar-refractivity contribution in [2.75, 3.05) is 46.4 Å². The van der Waals surface area contributed by atoms with Crippen molar-refractivity contribution in [1.82, 2.24) is 14.7 Å². The third-order valence-corrected chi connectivity index (χ3v) is 7.26. The van der Waals surface area contributed by atoms with Crippen LogP contribution in [0.15, 0.2) is 0 Å². The number of ether oxygens (including phenoxy) is 1. The van der Waals surface area contributed by atoms with Crippen molar-refractivity contribution >= 4 is 12.0 Å². The number of carbonyl (C=O) groups is 2. The van der Waals surface area contributed by atoms with E-state index in [1.54, 1.807) is 0 Å². The molecule has 2 heterocycles. The number of hydrogen-bond donors (Lipinski definition) is 0. The van der Waals surface area contributed by atoms with Gasteiger partial charge in [-0.15, -0.1) is 0 Å². The van der Waals surface area contributed by atoms with E-state index >= 15 is 0 Å². The molecule has 2 saturated heterocycles. The molecule has 0 bridgehead atoms. The van der Waals surface area contributed by atoms with Crippen LogP contribution in [-0.4, -0.2) is 79.1 Å². The molecule has 140 valence electrons. The second kappa shape index (κ2) is 6.15. The maximum absolute atomic E-state index is 12.6. The van der Waals surface area contributed by atoms with Crippen molar-refractivity contribution in [3.63, 3.8) is 0 Å². The van der Waals surface area contributed by atoms with Crippen LogP contribution in [0.3, 0.4) is 0 Å². The molecule has 0 N–H and O–H groups in total. The summed E-state index contributed by atoms with van der Waals surface area (Å²) in [6.45, 7) is 9.72. The Labute approximate surface area is 150 Å². The van der Waals surface area contributed by atoms with Gasteiger partial charge >= 0.3 is 6.09 Å². The maximum atomic E-state index is 12.6. The fourth-order valence-corrected chi connectivity index (χ4v) is 5.77. The molecule has 6 nitrogen and oxygen atoms in total. The number of fused-ring (bicyclic) bond motifs is 1. The Balaban J connectivity index is 1.26. The molecule has 3 atom stereocenters. The van der Waals surface area contributed by atoms with E-state index in [1.165, 1.54) is 26.4 Å². The molecular weight excluding hydrogens is 318 g/mol. The number of rotatable bonds is 4. The van der Waals surface area contributed by atoms with Gasteiger partial charge in [0, 0.05) is 56.6 Å². The van der Waals surface area contributed by atoms with Crippen molar-refractivity contribution in [3.05, 3.63) is 0 Å². The monoisotopic (exact) mass is 349 g/mol. The van der Waals surface area contributed by atoms with Gasteiger partial charge in [-0.1, -0.05) is 0 Å². The first-order valence-electron chi connectivity index (χ1n) is 9.87. The van der Waals surface area contributed by atoms with Crippen LogP contribution in [0.5, 0.6) is 0 Å². The van der Waals surface area contributed by atoms with E-state index < -0.39 is 0 Å². The smallest absolute Gasteiger partial charge is 0.409 e. The van der Waals surface area contributed by atoms with Gasteiger partial charge in [-0.2, -0.15) is 0 Å². The third-order valence-electron chi connectivity index (χ3n) is 7.26. The molecule has 4 fully saturated rings. The second-order valence-electron chi connectivity index (χ2n) is 8.54. The number of methoxy groups -OCH3 is 1. The second-order valence-corrected chi connectivity index (χ2v) is 8.54. The Hall–Kier alpha value is -1.30. The zero-order valence-electron chi connectivity index (χ0n) is 15.7. The Morgan fingerprint density at radius 2 is 1.80 bits per heavy atom. The molecule has 0 radical (unpaired) electrons. The molecular formula is C19H31N3O3.